The summed E-state index contributed by atoms with van der Waals surface area (Å²) < 4.78 is 5.48. The topological polar surface area (TPSA) is 42.1 Å². The molecule has 0 unspecified atom stereocenters. The van der Waals surface area contributed by atoms with Crippen LogP contribution in [0.3, 0.4) is 0 Å². The fraction of sp³-hybridized carbons (Fsp3) is 0.100. The molecule has 0 radical (unpaired) electrons. The van der Waals surface area contributed by atoms with Gasteiger partial charge in [0.15, 0.2) is 0 Å². The van der Waals surface area contributed by atoms with Gasteiger partial charge in [-0.1, -0.05) is 11.6 Å². The molecule has 2 aromatic rings. The van der Waals surface area contributed by atoms with Crippen molar-refractivity contribution >= 4 is 44.4 Å². The third-order valence-electron chi connectivity index (χ3n) is 2.10. The SMILES string of the molecule is COC(=O)c1cc2c(Cl)ccc(Br)c2[nH]1. The second-order valence-electron chi connectivity index (χ2n) is 2.99. The molecule has 0 bridgehead atoms. The summed E-state index contributed by atoms with van der Waals surface area (Å²) in [5, 5.41) is 1.39. The van der Waals surface area contributed by atoms with Gasteiger partial charge in [-0.25, -0.2) is 4.79 Å². The van der Waals surface area contributed by atoms with Crippen LogP contribution in [0.5, 0.6) is 0 Å². The predicted molar refractivity (Wildman–Crippen MR) is 62.3 cm³/mol. The number of methoxy groups -OCH3 is 1. The summed E-state index contributed by atoms with van der Waals surface area (Å²) in [7, 11) is 1.34. The molecule has 78 valence electrons. The van der Waals surface area contributed by atoms with Crippen molar-refractivity contribution < 1.29 is 9.53 Å². The van der Waals surface area contributed by atoms with Crippen LogP contribution in [0.15, 0.2) is 22.7 Å². The van der Waals surface area contributed by atoms with Crippen LogP contribution in [0.4, 0.5) is 0 Å². The van der Waals surface area contributed by atoms with E-state index >= 15 is 0 Å². The van der Waals surface area contributed by atoms with Gasteiger partial charge in [0.1, 0.15) is 5.69 Å². The van der Waals surface area contributed by atoms with Crippen molar-refractivity contribution in [2.24, 2.45) is 0 Å². The van der Waals surface area contributed by atoms with Crippen LogP contribution in [0, 0.1) is 0 Å². The average molecular weight is 289 g/mol. The zero-order valence-electron chi connectivity index (χ0n) is 7.80. The molecule has 0 aliphatic rings. The summed E-state index contributed by atoms with van der Waals surface area (Å²) in [5.41, 5.74) is 1.18. The van der Waals surface area contributed by atoms with Gasteiger partial charge in [-0.05, 0) is 34.1 Å². The highest BCUT2D eigenvalue weighted by Crippen LogP contribution is 2.30. The first-order chi connectivity index (χ1) is 7.13. The Kier molecular flexibility index (Phi) is 2.71. The molecule has 15 heavy (non-hydrogen) atoms. The van der Waals surface area contributed by atoms with Gasteiger partial charge in [0.05, 0.1) is 17.6 Å². The Morgan fingerprint density at radius 1 is 1.53 bits per heavy atom. The molecule has 2 rings (SSSR count). The molecule has 0 saturated carbocycles. The molecule has 0 aliphatic carbocycles. The lowest BCUT2D eigenvalue weighted by atomic mass is 10.2. The van der Waals surface area contributed by atoms with E-state index in [0.29, 0.717) is 10.7 Å². The lowest BCUT2D eigenvalue weighted by molar-refractivity contribution is 0.0595. The number of aromatic nitrogens is 1. The summed E-state index contributed by atoms with van der Waals surface area (Å²) in [6.45, 7) is 0. The molecule has 5 heteroatoms. The standard InChI is InChI=1S/C10H7BrClNO2/c1-15-10(14)8-4-5-7(12)3-2-6(11)9(5)13-8/h2-4,13H,1H3. The highest BCUT2D eigenvalue weighted by atomic mass is 79.9. The monoisotopic (exact) mass is 287 g/mol. The van der Waals surface area contributed by atoms with Gasteiger partial charge in [0.25, 0.3) is 0 Å². The number of nitrogens with one attached hydrogen (secondary N) is 1. The summed E-state index contributed by atoms with van der Waals surface area (Å²) in [5.74, 6) is -0.408. The summed E-state index contributed by atoms with van der Waals surface area (Å²) in [6.07, 6.45) is 0. The van der Waals surface area contributed by atoms with Crippen molar-refractivity contribution in [3.05, 3.63) is 33.4 Å². The predicted octanol–water partition coefficient (Wildman–Crippen LogP) is 3.37. The van der Waals surface area contributed by atoms with Crippen LogP contribution in [0.2, 0.25) is 5.02 Å². The van der Waals surface area contributed by atoms with Gasteiger partial charge < -0.3 is 9.72 Å². The molecule has 0 spiro atoms. The number of ether oxygens (including phenoxy) is 1. The van der Waals surface area contributed by atoms with E-state index in [2.05, 4.69) is 25.7 Å². The van der Waals surface area contributed by atoms with Crippen LogP contribution in [0.25, 0.3) is 10.9 Å². The Balaban J connectivity index is 2.70. The number of benzene rings is 1. The summed E-state index contributed by atoms with van der Waals surface area (Å²) >= 11 is 9.37. The Hall–Kier alpha value is -1.00. The number of carbonyl (C=O) groups excluding carboxylic acids is 1. The first-order valence-electron chi connectivity index (χ1n) is 4.18. The van der Waals surface area contributed by atoms with Crippen LogP contribution < -0.4 is 0 Å². The third-order valence-corrected chi connectivity index (χ3v) is 3.09. The molecule has 1 aromatic carbocycles. The Bertz CT molecular complexity index is 496. The second-order valence-corrected chi connectivity index (χ2v) is 4.25. The van der Waals surface area contributed by atoms with E-state index < -0.39 is 5.97 Å². The van der Waals surface area contributed by atoms with Crippen LogP contribution in [0.1, 0.15) is 10.5 Å². The van der Waals surface area contributed by atoms with Gasteiger partial charge in [0, 0.05) is 9.86 Å². The van der Waals surface area contributed by atoms with Gasteiger partial charge in [-0.3, -0.25) is 0 Å². The van der Waals surface area contributed by atoms with E-state index in [9.17, 15) is 4.79 Å². The average Bonchev–Trinajstić information content (AvgIpc) is 2.68. The molecule has 0 atom stereocenters. The first kappa shape index (κ1) is 10.5. The van der Waals surface area contributed by atoms with Gasteiger partial charge >= 0.3 is 5.97 Å². The highest BCUT2D eigenvalue weighted by molar-refractivity contribution is 9.10. The minimum absolute atomic E-state index is 0.390. The zero-order chi connectivity index (χ0) is 11.0. The number of halogens is 2. The summed E-state index contributed by atoms with van der Waals surface area (Å²) in [4.78, 5) is 14.2. The lowest BCUT2D eigenvalue weighted by Gasteiger charge is -1.95. The Labute approximate surface area is 99.5 Å². The van der Waals surface area contributed by atoms with Crippen molar-refractivity contribution in [2.45, 2.75) is 0 Å². The van der Waals surface area contributed by atoms with Crippen molar-refractivity contribution in [1.29, 1.82) is 0 Å². The van der Waals surface area contributed by atoms with E-state index in [1.165, 1.54) is 7.11 Å². The van der Waals surface area contributed by atoms with Gasteiger partial charge in [-0.15, -0.1) is 0 Å². The van der Waals surface area contributed by atoms with E-state index in [4.69, 9.17) is 11.6 Å². The number of rotatable bonds is 1. The number of hydrogen-bond acceptors (Lipinski definition) is 2. The van der Waals surface area contributed by atoms with Crippen LogP contribution >= 0.6 is 27.5 Å². The van der Waals surface area contributed by atoms with E-state index in [1.807, 2.05) is 6.07 Å². The molecule has 1 heterocycles. The van der Waals surface area contributed by atoms with E-state index in [0.717, 1.165) is 15.4 Å². The molecule has 0 amide bonds. The number of esters is 1. The maximum atomic E-state index is 11.3. The number of aromatic amines is 1. The lowest BCUT2D eigenvalue weighted by Crippen LogP contribution is -2.00. The molecule has 3 nitrogen and oxygen atoms in total. The minimum Gasteiger partial charge on any atom is -0.464 e. The van der Waals surface area contributed by atoms with Crippen LogP contribution in [-0.4, -0.2) is 18.1 Å². The number of H-pyrrole nitrogens is 1. The molecule has 0 aliphatic heterocycles. The van der Waals surface area contributed by atoms with Crippen LogP contribution in [-0.2, 0) is 4.74 Å². The van der Waals surface area contributed by atoms with Crippen molar-refractivity contribution in [1.82, 2.24) is 4.98 Å². The highest BCUT2D eigenvalue weighted by Gasteiger charge is 2.12. The van der Waals surface area contributed by atoms with Gasteiger partial charge in [-0.2, -0.15) is 0 Å². The fourth-order valence-corrected chi connectivity index (χ4v) is 2.03. The fourth-order valence-electron chi connectivity index (χ4n) is 1.37. The van der Waals surface area contributed by atoms with Gasteiger partial charge in [0.2, 0.25) is 0 Å². The molecule has 0 fully saturated rings. The molecular formula is C10H7BrClNO2. The Morgan fingerprint density at radius 2 is 2.27 bits per heavy atom. The minimum atomic E-state index is -0.408. The normalized spacial score (nSPS) is 10.6. The first-order valence-corrected chi connectivity index (χ1v) is 5.35. The van der Waals surface area contributed by atoms with Crippen molar-refractivity contribution in [2.75, 3.05) is 7.11 Å². The molecule has 1 N–H and O–H groups in total. The number of carbonyl (C=O) groups is 1. The smallest absolute Gasteiger partial charge is 0.354 e. The largest absolute Gasteiger partial charge is 0.464 e. The quantitative estimate of drug-likeness (QED) is 0.818. The van der Waals surface area contributed by atoms with E-state index in [1.54, 1.807) is 12.1 Å². The third kappa shape index (κ3) is 1.75. The second kappa shape index (κ2) is 3.87. The zero-order valence-corrected chi connectivity index (χ0v) is 10.1. The van der Waals surface area contributed by atoms with Crippen molar-refractivity contribution in [3.8, 4) is 0 Å². The Morgan fingerprint density at radius 3 is 2.87 bits per heavy atom. The molecule has 1 aromatic heterocycles. The number of fused-ring (bicyclic) bond motifs is 1. The molecular weight excluding hydrogens is 281 g/mol. The molecule has 0 saturated heterocycles. The van der Waals surface area contributed by atoms with Crippen molar-refractivity contribution in [3.63, 3.8) is 0 Å². The summed E-state index contributed by atoms with van der Waals surface area (Å²) in [6, 6.07) is 5.26. The number of hydrogen-bond donors (Lipinski definition) is 1. The maximum Gasteiger partial charge on any atom is 0.354 e. The maximum absolute atomic E-state index is 11.3. The van der Waals surface area contributed by atoms with E-state index in [-0.39, 0.29) is 0 Å².